The highest BCUT2D eigenvalue weighted by Crippen LogP contribution is 2.34. The van der Waals surface area contributed by atoms with Gasteiger partial charge in [0.2, 0.25) is 0 Å². The SMILES string of the molecule is O=S1(=O)CCCc2nc(-c3cccc(Cl)c3)nc(Nc3ccc(C4=CCOB4O)cc3)c21. The Hall–Kier alpha value is -2.72. The van der Waals surface area contributed by atoms with Gasteiger partial charge in [0.1, 0.15) is 4.90 Å². The molecule has 0 radical (unpaired) electrons. The first-order valence-corrected chi connectivity index (χ1v) is 12.2. The average molecular weight is 468 g/mol. The van der Waals surface area contributed by atoms with Gasteiger partial charge in [0.05, 0.1) is 18.1 Å². The number of rotatable bonds is 4. The number of hydrogen-bond acceptors (Lipinski definition) is 7. The minimum Gasteiger partial charge on any atom is -0.423 e. The van der Waals surface area contributed by atoms with Gasteiger partial charge >= 0.3 is 7.12 Å². The van der Waals surface area contributed by atoms with Gasteiger partial charge in [-0.3, -0.25) is 0 Å². The lowest BCUT2D eigenvalue weighted by atomic mass is 9.76. The number of anilines is 2. The standard InChI is InChI=1S/C22H19BClN3O4S/c24-16-4-1-3-15(13-16)21-26-19-5-2-12-32(29,30)20(19)22(27-21)25-17-8-6-14(7-9-17)18-10-11-31-23(18)28/h1,3-4,6-10,13,28H,2,5,11-12H2,(H,25,26,27). The van der Waals surface area contributed by atoms with E-state index in [4.69, 9.17) is 16.3 Å². The summed E-state index contributed by atoms with van der Waals surface area (Å²) in [4.78, 5) is 9.28. The molecular formula is C22H19BClN3O4S. The number of hydrogen-bond donors (Lipinski definition) is 2. The number of fused-ring (bicyclic) bond motifs is 1. The minimum atomic E-state index is -3.50. The third kappa shape index (κ3) is 4.04. The van der Waals surface area contributed by atoms with Crippen LogP contribution < -0.4 is 5.32 Å². The van der Waals surface area contributed by atoms with Crippen LogP contribution in [0.5, 0.6) is 0 Å². The molecule has 1 aromatic heterocycles. The maximum Gasteiger partial charge on any atom is 0.491 e. The summed E-state index contributed by atoms with van der Waals surface area (Å²) in [5, 5.41) is 13.6. The van der Waals surface area contributed by atoms with Crippen molar-refractivity contribution in [2.75, 3.05) is 17.7 Å². The quantitative estimate of drug-likeness (QED) is 0.564. The zero-order chi connectivity index (χ0) is 22.3. The van der Waals surface area contributed by atoms with Gasteiger partial charge in [0.15, 0.2) is 21.5 Å². The predicted molar refractivity (Wildman–Crippen MR) is 124 cm³/mol. The van der Waals surface area contributed by atoms with Crippen LogP contribution in [0.3, 0.4) is 0 Å². The van der Waals surface area contributed by atoms with E-state index in [2.05, 4.69) is 15.3 Å². The van der Waals surface area contributed by atoms with Crippen molar-refractivity contribution in [3.8, 4) is 11.4 Å². The number of nitrogens with zero attached hydrogens (tertiary/aromatic N) is 2. The van der Waals surface area contributed by atoms with E-state index >= 15 is 0 Å². The molecule has 5 rings (SSSR count). The first-order chi connectivity index (χ1) is 15.4. The van der Waals surface area contributed by atoms with Crippen LogP contribution >= 0.6 is 11.6 Å². The lowest BCUT2D eigenvalue weighted by Crippen LogP contribution is -2.20. The van der Waals surface area contributed by atoms with E-state index in [1.54, 1.807) is 18.2 Å². The summed E-state index contributed by atoms with van der Waals surface area (Å²) in [6.07, 6.45) is 2.91. The molecule has 0 bridgehead atoms. The van der Waals surface area contributed by atoms with Gasteiger partial charge in [0, 0.05) is 16.3 Å². The Labute approximate surface area is 191 Å². The fourth-order valence-corrected chi connectivity index (χ4v) is 5.75. The topological polar surface area (TPSA) is 101 Å². The highest BCUT2D eigenvalue weighted by molar-refractivity contribution is 7.91. The molecule has 0 spiro atoms. The Morgan fingerprint density at radius 2 is 1.91 bits per heavy atom. The number of halogens is 1. The summed E-state index contributed by atoms with van der Waals surface area (Å²) in [5.41, 5.74) is 3.43. The molecule has 0 saturated heterocycles. The van der Waals surface area contributed by atoms with E-state index in [1.807, 2.05) is 36.4 Å². The molecular weight excluding hydrogens is 449 g/mol. The molecule has 32 heavy (non-hydrogen) atoms. The number of aromatic nitrogens is 2. The number of sulfone groups is 1. The zero-order valence-electron chi connectivity index (χ0n) is 17.0. The maximum absolute atomic E-state index is 12.9. The van der Waals surface area contributed by atoms with Crippen molar-refractivity contribution in [3.05, 3.63) is 70.9 Å². The molecule has 3 heterocycles. The van der Waals surface area contributed by atoms with Gasteiger partial charge < -0.3 is 15.0 Å². The molecule has 0 fully saturated rings. The largest absolute Gasteiger partial charge is 0.491 e. The normalized spacial score (nSPS) is 17.1. The minimum absolute atomic E-state index is 0.0690. The first-order valence-electron chi connectivity index (χ1n) is 10.2. The first kappa shape index (κ1) is 21.1. The van der Waals surface area contributed by atoms with Crippen LogP contribution in [0.15, 0.2) is 59.5 Å². The summed E-state index contributed by atoms with van der Waals surface area (Å²) in [6.45, 7) is 0.369. The van der Waals surface area contributed by atoms with Gasteiger partial charge in [-0.2, -0.15) is 0 Å². The van der Waals surface area contributed by atoms with E-state index in [-0.39, 0.29) is 16.5 Å². The molecule has 2 aliphatic rings. The van der Waals surface area contributed by atoms with Crippen LogP contribution in [-0.2, 0) is 20.9 Å². The molecule has 0 aliphatic carbocycles. The third-order valence-corrected chi connectivity index (χ3v) is 7.57. The van der Waals surface area contributed by atoms with Gasteiger partial charge in [-0.15, -0.1) is 0 Å². The van der Waals surface area contributed by atoms with Crippen molar-refractivity contribution < 1.29 is 18.1 Å². The van der Waals surface area contributed by atoms with E-state index in [9.17, 15) is 13.4 Å². The molecule has 3 aromatic rings. The molecule has 2 N–H and O–H groups in total. The summed E-state index contributed by atoms with van der Waals surface area (Å²) >= 11 is 6.13. The van der Waals surface area contributed by atoms with E-state index < -0.39 is 17.0 Å². The highest BCUT2D eigenvalue weighted by atomic mass is 35.5. The Morgan fingerprint density at radius 1 is 1.09 bits per heavy atom. The van der Waals surface area contributed by atoms with Crippen LogP contribution in [0.4, 0.5) is 11.5 Å². The Balaban J connectivity index is 1.56. The van der Waals surface area contributed by atoms with Crippen molar-refractivity contribution in [2.24, 2.45) is 0 Å². The molecule has 162 valence electrons. The zero-order valence-corrected chi connectivity index (χ0v) is 18.5. The van der Waals surface area contributed by atoms with Crippen molar-refractivity contribution in [3.63, 3.8) is 0 Å². The van der Waals surface area contributed by atoms with Crippen LogP contribution in [-0.4, -0.2) is 42.9 Å². The van der Waals surface area contributed by atoms with Gasteiger partial charge in [-0.05, 0) is 48.1 Å². The second-order valence-electron chi connectivity index (χ2n) is 7.65. The van der Waals surface area contributed by atoms with E-state index in [0.29, 0.717) is 52.7 Å². The third-order valence-electron chi connectivity index (χ3n) is 5.46. The molecule has 2 aromatic carbocycles. The van der Waals surface area contributed by atoms with Gasteiger partial charge in [0.25, 0.3) is 0 Å². The second kappa shape index (κ2) is 8.33. The number of nitrogens with one attached hydrogen (secondary N) is 1. The molecule has 0 amide bonds. The lowest BCUT2D eigenvalue weighted by Gasteiger charge is -2.20. The van der Waals surface area contributed by atoms with Crippen molar-refractivity contribution in [2.45, 2.75) is 17.7 Å². The maximum atomic E-state index is 12.9. The Bertz CT molecular complexity index is 1330. The van der Waals surface area contributed by atoms with Crippen LogP contribution in [0.1, 0.15) is 17.7 Å². The highest BCUT2D eigenvalue weighted by Gasteiger charge is 2.30. The van der Waals surface area contributed by atoms with Crippen LogP contribution in [0.25, 0.3) is 16.9 Å². The Kier molecular flexibility index (Phi) is 5.50. The molecule has 7 nitrogen and oxygen atoms in total. The average Bonchev–Trinajstić information content (AvgIpc) is 3.19. The molecule has 2 aliphatic heterocycles. The number of aryl methyl sites for hydroxylation is 1. The van der Waals surface area contributed by atoms with Crippen LogP contribution in [0, 0.1) is 0 Å². The van der Waals surface area contributed by atoms with E-state index in [1.165, 1.54) is 0 Å². The molecule has 0 unspecified atom stereocenters. The molecule has 0 saturated carbocycles. The number of benzene rings is 2. The summed E-state index contributed by atoms with van der Waals surface area (Å²) in [6, 6.07) is 14.5. The predicted octanol–water partition coefficient (Wildman–Crippen LogP) is 3.69. The summed E-state index contributed by atoms with van der Waals surface area (Å²) in [7, 11) is -4.44. The fourth-order valence-electron chi connectivity index (χ4n) is 3.93. The monoisotopic (exact) mass is 467 g/mol. The van der Waals surface area contributed by atoms with Crippen LogP contribution in [0.2, 0.25) is 5.02 Å². The summed E-state index contributed by atoms with van der Waals surface area (Å²) < 4.78 is 30.9. The van der Waals surface area contributed by atoms with Gasteiger partial charge in [-0.25, -0.2) is 18.4 Å². The van der Waals surface area contributed by atoms with E-state index in [0.717, 1.165) is 5.56 Å². The van der Waals surface area contributed by atoms with Crippen molar-refractivity contribution in [1.29, 1.82) is 0 Å². The second-order valence-corrected chi connectivity index (χ2v) is 10.1. The lowest BCUT2D eigenvalue weighted by molar-refractivity contribution is 0.316. The summed E-state index contributed by atoms with van der Waals surface area (Å²) in [5.74, 6) is 0.735. The van der Waals surface area contributed by atoms with Crippen molar-refractivity contribution in [1.82, 2.24) is 9.97 Å². The molecule has 10 heteroatoms. The smallest absolute Gasteiger partial charge is 0.423 e. The fraction of sp³-hybridized carbons (Fsp3) is 0.182. The van der Waals surface area contributed by atoms with Crippen molar-refractivity contribution >= 4 is 45.5 Å². The van der Waals surface area contributed by atoms with Gasteiger partial charge in [-0.1, -0.05) is 41.9 Å². The molecule has 0 atom stereocenters. The Morgan fingerprint density at radius 3 is 2.62 bits per heavy atom.